The number of rotatable bonds is 8. The minimum atomic E-state index is -0.147. The Kier molecular flexibility index (Phi) is 5.83. The van der Waals surface area contributed by atoms with Gasteiger partial charge in [-0.05, 0) is 57.0 Å². The van der Waals surface area contributed by atoms with Crippen LogP contribution in [0, 0.1) is 11.8 Å². The zero-order chi connectivity index (χ0) is 17.0. The third-order valence-electron chi connectivity index (χ3n) is 5.74. The standard InChI is InChI=1S/C21H33NO2/c1-22(2)16-19-7-4-5-13-21(19,24-14-12-17-10-11-17)18-8-6-9-20(15-18)23-3/h6,8-9,15,17,19H,4-5,7,10-14,16H2,1-3H3/t19-,21+/m1/s1. The fourth-order valence-corrected chi connectivity index (χ4v) is 4.25. The first-order chi connectivity index (χ1) is 11.6. The van der Waals surface area contributed by atoms with E-state index in [1.165, 1.54) is 44.1 Å². The highest BCUT2D eigenvalue weighted by Crippen LogP contribution is 2.46. The Morgan fingerprint density at radius 3 is 2.71 bits per heavy atom. The third kappa shape index (κ3) is 4.12. The van der Waals surface area contributed by atoms with E-state index in [2.05, 4.69) is 37.2 Å². The number of nitrogens with zero attached hydrogens (tertiary/aromatic N) is 1. The predicted octanol–water partition coefficient (Wildman–Crippen LogP) is 4.46. The average molecular weight is 332 g/mol. The Morgan fingerprint density at radius 1 is 1.17 bits per heavy atom. The Balaban J connectivity index is 1.87. The first-order valence-corrected chi connectivity index (χ1v) is 9.57. The Bertz CT molecular complexity index is 526. The van der Waals surface area contributed by atoms with E-state index in [1.807, 2.05) is 6.07 Å². The predicted molar refractivity (Wildman–Crippen MR) is 98.5 cm³/mol. The topological polar surface area (TPSA) is 21.7 Å². The summed E-state index contributed by atoms with van der Waals surface area (Å²) in [5.41, 5.74) is 1.16. The van der Waals surface area contributed by atoms with Crippen LogP contribution in [0.4, 0.5) is 0 Å². The summed E-state index contributed by atoms with van der Waals surface area (Å²) in [5, 5.41) is 0. The molecule has 2 aliphatic carbocycles. The van der Waals surface area contributed by atoms with Crippen LogP contribution < -0.4 is 4.74 Å². The van der Waals surface area contributed by atoms with Gasteiger partial charge in [0.1, 0.15) is 5.75 Å². The zero-order valence-electron chi connectivity index (χ0n) is 15.6. The molecule has 3 rings (SSSR count). The molecule has 0 unspecified atom stereocenters. The van der Waals surface area contributed by atoms with Crippen LogP contribution in [0.3, 0.4) is 0 Å². The number of methoxy groups -OCH3 is 1. The molecule has 0 radical (unpaired) electrons. The van der Waals surface area contributed by atoms with E-state index < -0.39 is 0 Å². The molecule has 0 N–H and O–H groups in total. The highest BCUT2D eigenvalue weighted by molar-refractivity contribution is 5.33. The smallest absolute Gasteiger partial charge is 0.119 e. The molecule has 134 valence electrons. The van der Waals surface area contributed by atoms with E-state index in [0.717, 1.165) is 31.2 Å². The second kappa shape index (κ2) is 7.88. The van der Waals surface area contributed by atoms with Gasteiger partial charge in [0.05, 0.1) is 12.7 Å². The molecule has 0 aromatic heterocycles. The minimum Gasteiger partial charge on any atom is -0.497 e. The van der Waals surface area contributed by atoms with Crippen molar-refractivity contribution in [1.82, 2.24) is 4.90 Å². The quantitative estimate of drug-likeness (QED) is 0.702. The van der Waals surface area contributed by atoms with Crippen molar-refractivity contribution >= 4 is 0 Å². The van der Waals surface area contributed by atoms with Gasteiger partial charge < -0.3 is 14.4 Å². The summed E-state index contributed by atoms with van der Waals surface area (Å²) in [5.74, 6) is 2.41. The van der Waals surface area contributed by atoms with Gasteiger partial charge in [-0.15, -0.1) is 0 Å². The van der Waals surface area contributed by atoms with Gasteiger partial charge in [0.2, 0.25) is 0 Å². The molecule has 0 spiro atoms. The van der Waals surface area contributed by atoms with Gasteiger partial charge in [-0.3, -0.25) is 0 Å². The lowest BCUT2D eigenvalue weighted by Crippen LogP contribution is -2.45. The van der Waals surface area contributed by atoms with Gasteiger partial charge in [0.15, 0.2) is 0 Å². The monoisotopic (exact) mass is 331 g/mol. The van der Waals surface area contributed by atoms with Crippen LogP contribution in [0.5, 0.6) is 5.75 Å². The normalized spacial score (nSPS) is 27.4. The van der Waals surface area contributed by atoms with E-state index in [1.54, 1.807) is 7.11 Å². The molecule has 1 aromatic carbocycles. The van der Waals surface area contributed by atoms with Crippen molar-refractivity contribution in [3.8, 4) is 5.75 Å². The molecule has 24 heavy (non-hydrogen) atoms. The molecule has 3 heteroatoms. The molecule has 0 bridgehead atoms. The van der Waals surface area contributed by atoms with Crippen LogP contribution in [-0.2, 0) is 10.3 Å². The van der Waals surface area contributed by atoms with E-state index in [0.29, 0.717) is 5.92 Å². The highest BCUT2D eigenvalue weighted by Gasteiger charge is 2.43. The van der Waals surface area contributed by atoms with Gasteiger partial charge in [-0.1, -0.05) is 37.8 Å². The number of benzene rings is 1. The van der Waals surface area contributed by atoms with Crippen LogP contribution in [0.15, 0.2) is 24.3 Å². The van der Waals surface area contributed by atoms with Gasteiger partial charge in [-0.25, -0.2) is 0 Å². The van der Waals surface area contributed by atoms with Crippen molar-refractivity contribution in [2.75, 3.05) is 34.4 Å². The van der Waals surface area contributed by atoms with Crippen LogP contribution in [0.1, 0.15) is 50.5 Å². The molecule has 2 fully saturated rings. The molecule has 2 saturated carbocycles. The molecular formula is C21H33NO2. The first-order valence-electron chi connectivity index (χ1n) is 9.57. The van der Waals surface area contributed by atoms with Crippen molar-refractivity contribution in [3.63, 3.8) is 0 Å². The lowest BCUT2D eigenvalue weighted by atomic mass is 9.71. The number of hydrogen-bond donors (Lipinski definition) is 0. The molecule has 0 amide bonds. The summed E-state index contributed by atoms with van der Waals surface area (Å²) >= 11 is 0. The van der Waals surface area contributed by atoms with Crippen LogP contribution >= 0.6 is 0 Å². The third-order valence-corrected chi connectivity index (χ3v) is 5.74. The molecule has 3 nitrogen and oxygen atoms in total. The maximum atomic E-state index is 6.74. The summed E-state index contributed by atoms with van der Waals surface area (Å²) in [6, 6.07) is 8.59. The van der Waals surface area contributed by atoms with Crippen molar-refractivity contribution in [2.24, 2.45) is 11.8 Å². The largest absolute Gasteiger partial charge is 0.497 e. The summed E-state index contributed by atoms with van der Waals surface area (Å²) < 4.78 is 12.2. The molecule has 2 aliphatic rings. The van der Waals surface area contributed by atoms with E-state index in [9.17, 15) is 0 Å². The van der Waals surface area contributed by atoms with Crippen LogP contribution in [0.2, 0.25) is 0 Å². The van der Waals surface area contributed by atoms with Crippen LogP contribution in [-0.4, -0.2) is 39.3 Å². The second-order valence-corrected chi connectivity index (χ2v) is 7.91. The summed E-state index contributed by atoms with van der Waals surface area (Å²) in [6.07, 6.45) is 8.97. The molecular weight excluding hydrogens is 298 g/mol. The SMILES string of the molecule is COc1cccc([C@@]2(OCCC3CC3)CCCC[C@@H]2CN(C)C)c1. The second-order valence-electron chi connectivity index (χ2n) is 7.91. The van der Waals surface area contributed by atoms with Gasteiger partial charge >= 0.3 is 0 Å². The Labute approximate surface area is 147 Å². The summed E-state index contributed by atoms with van der Waals surface area (Å²) in [7, 11) is 6.10. The zero-order valence-corrected chi connectivity index (χ0v) is 15.6. The van der Waals surface area contributed by atoms with Gasteiger partial charge in [0.25, 0.3) is 0 Å². The van der Waals surface area contributed by atoms with Gasteiger partial charge in [0, 0.05) is 19.1 Å². The number of ether oxygens (including phenoxy) is 2. The first kappa shape index (κ1) is 17.8. The van der Waals surface area contributed by atoms with Crippen molar-refractivity contribution in [3.05, 3.63) is 29.8 Å². The molecule has 0 saturated heterocycles. The maximum Gasteiger partial charge on any atom is 0.119 e. The molecule has 0 heterocycles. The minimum absolute atomic E-state index is 0.147. The maximum absolute atomic E-state index is 6.74. The summed E-state index contributed by atoms with van der Waals surface area (Å²) in [6.45, 7) is 1.98. The lowest BCUT2D eigenvalue weighted by Gasteiger charge is -2.45. The van der Waals surface area contributed by atoms with Crippen molar-refractivity contribution in [1.29, 1.82) is 0 Å². The van der Waals surface area contributed by atoms with Crippen molar-refractivity contribution in [2.45, 2.75) is 50.5 Å². The van der Waals surface area contributed by atoms with E-state index in [-0.39, 0.29) is 5.60 Å². The number of hydrogen-bond acceptors (Lipinski definition) is 3. The molecule has 2 atom stereocenters. The average Bonchev–Trinajstić information content (AvgIpc) is 3.40. The van der Waals surface area contributed by atoms with E-state index >= 15 is 0 Å². The molecule has 1 aromatic rings. The Morgan fingerprint density at radius 2 is 2.00 bits per heavy atom. The van der Waals surface area contributed by atoms with Gasteiger partial charge in [-0.2, -0.15) is 0 Å². The fourth-order valence-electron chi connectivity index (χ4n) is 4.25. The molecule has 0 aliphatic heterocycles. The van der Waals surface area contributed by atoms with Crippen LogP contribution in [0.25, 0.3) is 0 Å². The van der Waals surface area contributed by atoms with Crippen molar-refractivity contribution < 1.29 is 9.47 Å². The highest BCUT2D eigenvalue weighted by atomic mass is 16.5. The Hall–Kier alpha value is -1.06. The summed E-state index contributed by atoms with van der Waals surface area (Å²) in [4.78, 5) is 2.31. The van der Waals surface area contributed by atoms with E-state index in [4.69, 9.17) is 9.47 Å². The lowest BCUT2D eigenvalue weighted by molar-refractivity contribution is -0.122. The fraction of sp³-hybridized carbons (Fsp3) is 0.714.